The summed E-state index contributed by atoms with van der Waals surface area (Å²) in [4.78, 5) is 0. The molecule has 0 aliphatic rings. The molecule has 7 aromatic rings. The maximum atomic E-state index is 6.16. The van der Waals surface area contributed by atoms with Crippen molar-refractivity contribution in [2.24, 2.45) is 0 Å². The molecule has 0 radical (unpaired) electrons. The van der Waals surface area contributed by atoms with E-state index in [1.54, 1.807) is 0 Å². The molecule has 1 aromatic heterocycles. The molecule has 2 nitrogen and oxygen atoms in total. The van der Waals surface area contributed by atoms with E-state index in [2.05, 4.69) is 115 Å². The van der Waals surface area contributed by atoms with Crippen molar-refractivity contribution in [1.29, 1.82) is 0 Å². The molecule has 33 heavy (non-hydrogen) atoms. The quantitative estimate of drug-likeness (QED) is 0.280. The van der Waals surface area contributed by atoms with Crippen LogP contribution < -0.4 is 5.32 Å². The number of benzene rings is 6. The fourth-order valence-electron chi connectivity index (χ4n) is 5.07. The summed E-state index contributed by atoms with van der Waals surface area (Å²) in [7, 11) is 0. The molecule has 0 atom stereocenters. The Hall–Kier alpha value is -4.30. The van der Waals surface area contributed by atoms with Crippen molar-refractivity contribution in [3.63, 3.8) is 0 Å². The molecule has 6 aromatic carbocycles. The molecule has 0 aliphatic carbocycles. The lowest BCUT2D eigenvalue weighted by Crippen LogP contribution is -1.91. The van der Waals surface area contributed by atoms with Crippen molar-refractivity contribution >= 4 is 65.6 Å². The maximum absolute atomic E-state index is 6.16. The Kier molecular flexibility index (Phi) is 3.80. The van der Waals surface area contributed by atoms with E-state index in [0.29, 0.717) is 0 Å². The molecule has 0 saturated heterocycles. The van der Waals surface area contributed by atoms with Crippen molar-refractivity contribution in [2.45, 2.75) is 6.92 Å². The monoisotopic (exact) mass is 423 g/mol. The Bertz CT molecular complexity index is 1860. The van der Waals surface area contributed by atoms with Gasteiger partial charge >= 0.3 is 0 Å². The molecular formula is C31H21NO. The third-order valence-corrected chi connectivity index (χ3v) is 6.69. The van der Waals surface area contributed by atoms with Gasteiger partial charge in [0, 0.05) is 22.1 Å². The van der Waals surface area contributed by atoms with E-state index in [1.807, 2.05) is 0 Å². The SMILES string of the molecule is Cc1cc2ccccc2c2cc(Nc3ccc4oc5cc6ccccc6cc5c4c3)ccc12. The molecule has 0 aliphatic heterocycles. The van der Waals surface area contributed by atoms with E-state index in [9.17, 15) is 0 Å². The molecule has 0 unspecified atom stereocenters. The first-order chi connectivity index (χ1) is 16.2. The first-order valence-electron chi connectivity index (χ1n) is 11.3. The van der Waals surface area contributed by atoms with Gasteiger partial charge in [0.05, 0.1) is 0 Å². The summed E-state index contributed by atoms with van der Waals surface area (Å²) in [5.74, 6) is 0. The van der Waals surface area contributed by atoms with E-state index >= 15 is 0 Å². The molecule has 0 bridgehead atoms. The summed E-state index contributed by atoms with van der Waals surface area (Å²) in [6.07, 6.45) is 0. The van der Waals surface area contributed by atoms with Crippen molar-refractivity contribution < 1.29 is 4.42 Å². The van der Waals surface area contributed by atoms with Crippen LogP contribution in [0, 0.1) is 6.92 Å². The molecule has 0 spiro atoms. The van der Waals surface area contributed by atoms with E-state index in [1.165, 1.54) is 37.9 Å². The molecule has 1 heterocycles. The average Bonchev–Trinajstić information content (AvgIpc) is 3.19. The van der Waals surface area contributed by atoms with Crippen LogP contribution in [0.5, 0.6) is 0 Å². The van der Waals surface area contributed by atoms with Crippen molar-refractivity contribution in [3.8, 4) is 0 Å². The summed E-state index contributed by atoms with van der Waals surface area (Å²) in [6.45, 7) is 2.18. The molecule has 7 rings (SSSR count). The van der Waals surface area contributed by atoms with Crippen LogP contribution in [0.15, 0.2) is 108 Å². The minimum Gasteiger partial charge on any atom is -0.456 e. The Balaban J connectivity index is 1.36. The normalized spacial score (nSPS) is 11.8. The second kappa shape index (κ2) is 6.85. The fourth-order valence-corrected chi connectivity index (χ4v) is 5.07. The van der Waals surface area contributed by atoms with Gasteiger partial charge < -0.3 is 9.73 Å². The van der Waals surface area contributed by atoms with Gasteiger partial charge in [-0.2, -0.15) is 0 Å². The maximum Gasteiger partial charge on any atom is 0.136 e. The van der Waals surface area contributed by atoms with Crippen molar-refractivity contribution in [1.82, 2.24) is 0 Å². The highest BCUT2D eigenvalue weighted by atomic mass is 16.3. The molecule has 0 saturated carbocycles. The van der Waals surface area contributed by atoms with E-state index in [4.69, 9.17) is 4.42 Å². The minimum absolute atomic E-state index is 0.908. The topological polar surface area (TPSA) is 25.2 Å². The third-order valence-electron chi connectivity index (χ3n) is 6.69. The summed E-state index contributed by atoms with van der Waals surface area (Å²) in [6, 6.07) is 36.6. The predicted molar refractivity (Wildman–Crippen MR) is 141 cm³/mol. The Morgan fingerprint density at radius 3 is 2.00 bits per heavy atom. The summed E-state index contributed by atoms with van der Waals surface area (Å²) in [5, 5.41) is 13.4. The Labute approximate surface area is 191 Å². The number of furan rings is 1. The zero-order valence-corrected chi connectivity index (χ0v) is 18.2. The smallest absolute Gasteiger partial charge is 0.136 e. The summed E-state index contributed by atoms with van der Waals surface area (Å²) in [5.41, 5.74) is 5.26. The third kappa shape index (κ3) is 2.88. The molecule has 0 fully saturated rings. The van der Waals surface area contributed by atoms with Gasteiger partial charge in [0.25, 0.3) is 0 Å². The molecule has 0 amide bonds. The number of hydrogen-bond acceptors (Lipinski definition) is 2. The summed E-state index contributed by atoms with van der Waals surface area (Å²) >= 11 is 0. The first-order valence-corrected chi connectivity index (χ1v) is 11.3. The van der Waals surface area contributed by atoms with Crippen LogP contribution in [0.4, 0.5) is 11.4 Å². The van der Waals surface area contributed by atoms with Gasteiger partial charge in [-0.3, -0.25) is 0 Å². The highest BCUT2D eigenvalue weighted by molar-refractivity contribution is 6.12. The Morgan fingerprint density at radius 2 is 1.15 bits per heavy atom. The van der Waals surface area contributed by atoms with Gasteiger partial charge in [0.15, 0.2) is 0 Å². The van der Waals surface area contributed by atoms with E-state index in [0.717, 1.165) is 33.3 Å². The average molecular weight is 424 g/mol. The van der Waals surface area contributed by atoms with Crippen LogP contribution in [0.3, 0.4) is 0 Å². The standard InChI is InChI=1S/C31H21NO/c1-19-14-22-8-4-5-9-26(22)27-17-23(10-12-25(19)27)32-24-11-13-30-29(18-24)28-15-20-6-2-3-7-21(20)16-31(28)33-30/h2-18,32H,1H3. The molecule has 2 heteroatoms. The molecule has 1 N–H and O–H groups in total. The number of nitrogens with one attached hydrogen (secondary N) is 1. The van der Waals surface area contributed by atoms with Gasteiger partial charge in [-0.15, -0.1) is 0 Å². The van der Waals surface area contributed by atoms with Crippen LogP contribution >= 0.6 is 0 Å². The number of fused-ring (bicyclic) bond motifs is 7. The first kappa shape index (κ1) is 18.3. The van der Waals surface area contributed by atoms with E-state index < -0.39 is 0 Å². The van der Waals surface area contributed by atoms with Crippen LogP contribution in [0.2, 0.25) is 0 Å². The van der Waals surface area contributed by atoms with Crippen molar-refractivity contribution in [2.75, 3.05) is 5.32 Å². The van der Waals surface area contributed by atoms with E-state index in [-0.39, 0.29) is 0 Å². The largest absolute Gasteiger partial charge is 0.456 e. The Morgan fingerprint density at radius 1 is 0.485 bits per heavy atom. The fraction of sp³-hybridized carbons (Fsp3) is 0.0323. The van der Waals surface area contributed by atoms with Crippen LogP contribution in [0.25, 0.3) is 54.3 Å². The number of hydrogen-bond donors (Lipinski definition) is 1. The highest BCUT2D eigenvalue weighted by Gasteiger charge is 2.10. The lowest BCUT2D eigenvalue weighted by molar-refractivity contribution is 0.669. The van der Waals surface area contributed by atoms with Gasteiger partial charge in [0.1, 0.15) is 11.2 Å². The second-order valence-electron chi connectivity index (χ2n) is 8.81. The number of rotatable bonds is 2. The van der Waals surface area contributed by atoms with Gasteiger partial charge in [-0.05, 0) is 87.3 Å². The van der Waals surface area contributed by atoms with Crippen LogP contribution in [-0.4, -0.2) is 0 Å². The van der Waals surface area contributed by atoms with Crippen molar-refractivity contribution in [3.05, 3.63) is 109 Å². The zero-order valence-electron chi connectivity index (χ0n) is 18.2. The molecule has 156 valence electrons. The van der Waals surface area contributed by atoms with Gasteiger partial charge in [0.2, 0.25) is 0 Å². The lowest BCUT2D eigenvalue weighted by atomic mass is 9.97. The lowest BCUT2D eigenvalue weighted by Gasteiger charge is -2.11. The number of anilines is 2. The summed E-state index contributed by atoms with van der Waals surface area (Å²) < 4.78 is 6.16. The second-order valence-corrected chi connectivity index (χ2v) is 8.81. The van der Waals surface area contributed by atoms with Gasteiger partial charge in [-0.1, -0.05) is 60.7 Å². The van der Waals surface area contributed by atoms with Gasteiger partial charge in [-0.25, -0.2) is 0 Å². The molecular weight excluding hydrogens is 402 g/mol. The number of aryl methyl sites for hydroxylation is 1. The minimum atomic E-state index is 0.908. The van der Waals surface area contributed by atoms with Crippen LogP contribution in [-0.2, 0) is 0 Å². The predicted octanol–water partition coefficient (Wildman–Crippen LogP) is 9.10. The zero-order chi connectivity index (χ0) is 21.9. The highest BCUT2D eigenvalue weighted by Crippen LogP contribution is 2.35. The van der Waals surface area contributed by atoms with Crippen LogP contribution in [0.1, 0.15) is 5.56 Å².